The van der Waals surface area contributed by atoms with Crippen LogP contribution in [0.25, 0.3) is 0 Å². The number of hydrogen-bond acceptors (Lipinski definition) is 2. The number of carboxylic acid groups (broad SMARTS) is 1. The minimum absolute atomic E-state index is 0.0301. The van der Waals surface area contributed by atoms with Gasteiger partial charge in [0.15, 0.2) is 0 Å². The zero-order valence-electron chi connectivity index (χ0n) is 16.1. The van der Waals surface area contributed by atoms with Crippen molar-refractivity contribution in [3.63, 3.8) is 0 Å². The molecular weight excluding hydrogens is 350 g/mol. The predicted octanol–water partition coefficient (Wildman–Crippen LogP) is 4.25. The molecule has 4 rings (SSSR count). The lowest BCUT2D eigenvalue weighted by molar-refractivity contribution is -0.153. The van der Waals surface area contributed by atoms with Gasteiger partial charge in [-0.15, -0.1) is 0 Å². The third-order valence-corrected chi connectivity index (χ3v) is 6.37. The van der Waals surface area contributed by atoms with Gasteiger partial charge in [0, 0.05) is 6.54 Å². The Morgan fingerprint density at radius 1 is 0.929 bits per heavy atom. The summed E-state index contributed by atoms with van der Waals surface area (Å²) in [5.41, 5.74) is 3.69. The number of fused-ring (bicyclic) bond motifs is 1. The smallest absolute Gasteiger partial charge is 0.307 e. The second-order valence-corrected chi connectivity index (χ2v) is 8.02. The molecule has 1 saturated carbocycles. The molecule has 1 fully saturated rings. The van der Waals surface area contributed by atoms with Gasteiger partial charge in [-0.05, 0) is 42.4 Å². The number of nitrogens with zero attached hydrogens (tertiary/aromatic N) is 1. The van der Waals surface area contributed by atoms with Crippen LogP contribution in [0.2, 0.25) is 0 Å². The van der Waals surface area contributed by atoms with E-state index < -0.39 is 17.8 Å². The van der Waals surface area contributed by atoms with E-state index >= 15 is 0 Å². The lowest BCUT2D eigenvalue weighted by Crippen LogP contribution is -2.47. The molecule has 3 atom stereocenters. The van der Waals surface area contributed by atoms with Crippen molar-refractivity contribution in [1.82, 2.24) is 4.90 Å². The Bertz CT molecular complexity index is 848. The molecule has 2 aliphatic rings. The Labute approximate surface area is 166 Å². The van der Waals surface area contributed by atoms with Crippen LogP contribution < -0.4 is 0 Å². The number of carboxylic acids is 1. The van der Waals surface area contributed by atoms with Crippen molar-refractivity contribution in [3.05, 3.63) is 71.3 Å². The summed E-state index contributed by atoms with van der Waals surface area (Å²) >= 11 is 0. The van der Waals surface area contributed by atoms with Gasteiger partial charge < -0.3 is 10.0 Å². The molecule has 0 saturated heterocycles. The molecule has 1 aliphatic heterocycles. The van der Waals surface area contributed by atoms with Crippen LogP contribution in [0.15, 0.2) is 54.6 Å². The van der Waals surface area contributed by atoms with E-state index in [-0.39, 0.29) is 11.9 Å². The second-order valence-electron chi connectivity index (χ2n) is 8.02. The van der Waals surface area contributed by atoms with Gasteiger partial charge in [-0.25, -0.2) is 0 Å². The Balaban J connectivity index is 1.66. The minimum Gasteiger partial charge on any atom is -0.481 e. The summed E-state index contributed by atoms with van der Waals surface area (Å²) in [7, 11) is 0. The number of benzene rings is 2. The standard InChI is InChI=1S/C24H27NO3/c26-23(20-12-6-7-13-21(20)24(27)28)25-15-14-18-10-4-5-11-19(18)22(25)16-17-8-2-1-3-9-17/h1-5,8-11,20-22H,6-7,12-16H2,(H,27,28)/t20-,21+,22-/m1/s1. The van der Waals surface area contributed by atoms with Crippen molar-refractivity contribution in [2.75, 3.05) is 6.54 Å². The van der Waals surface area contributed by atoms with Crippen molar-refractivity contribution in [2.24, 2.45) is 11.8 Å². The normalized spacial score (nSPS) is 24.4. The SMILES string of the molecule is O=C(O)[C@H]1CCCC[C@H]1C(=O)N1CCc2ccccc2[C@H]1Cc1ccccc1. The first kappa shape index (κ1) is 18.7. The molecule has 1 aliphatic carbocycles. The number of rotatable bonds is 4. The van der Waals surface area contributed by atoms with Gasteiger partial charge in [0.2, 0.25) is 5.91 Å². The first-order valence-electron chi connectivity index (χ1n) is 10.3. The van der Waals surface area contributed by atoms with Crippen LogP contribution in [0.4, 0.5) is 0 Å². The molecule has 4 heteroatoms. The zero-order valence-corrected chi connectivity index (χ0v) is 16.1. The van der Waals surface area contributed by atoms with E-state index in [2.05, 4.69) is 30.3 Å². The van der Waals surface area contributed by atoms with E-state index in [4.69, 9.17) is 0 Å². The number of aliphatic carboxylic acids is 1. The fourth-order valence-electron chi connectivity index (χ4n) is 4.91. The third-order valence-electron chi connectivity index (χ3n) is 6.37. The molecule has 2 aromatic rings. The largest absolute Gasteiger partial charge is 0.481 e. The molecule has 0 aromatic heterocycles. The summed E-state index contributed by atoms with van der Waals surface area (Å²) in [5.74, 6) is -1.73. The first-order valence-corrected chi connectivity index (χ1v) is 10.3. The summed E-state index contributed by atoms with van der Waals surface area (Å²) in [5, 5.41) is 9.64. The van der Waals surface area contributed by atoms with Gasteiger partial charge >= 0.3 is 5.97 Å². The number of carbonyl (C=O) groups is 2. The average molecular weight is 377 g/mol. The van der Waals surface area contributed by atoms with Gasteiger partial charge in [0.1, 0.15) is 0 Å². The van der Waals surface area contributed by atoms with Gasteiger partial charge in [0.25, 0.3) is 0 Å². The molecule has 0 spiro atoms. The van der Waals surface area contributed by atoms with Crippen LogP contribution in [0.5, 0.6) is 0 Å². The van der Waals surface area contributed by atoms with Crippen LogP contribution in [0, 0.1) is 11.8 Å². The fourth-order valence-corrected chi connectivity index (χ4v) is 4.91. The molecular formula is C24H27NO3. The third kappa shape index (κ3) is 3.68. The molecule has 1 amide bonds. The summed E-state index contributed by atoms with van der Waals surface area (Å²) in [4.78, 5) is 27.3. The van der Waals surface area contributed by atoms with Crippen molar-refractivity contribution < 1.29 is 14.7 Å². The first-order chi connectivity index (χ1) is 13.6. The molecule has 1 heterocycles. The quantitative estimate of drug-likeness (QED) is 0.867. The molecule has 2 aromatic carbocycles. The molecule has 0 radical (unpaired) electrons. The van der Waals surface area contributed by atoms with E-state index in [0.29, 0.717) is 19.4 Å². The van der Waals surface area contributed by atoms with E-state index in [9.17, 15) is 14.7 Å². The highest BCUT2D eigenvalue weighted by molar-refractivity contribution is 5.85. The van der Waals surface area contributed by atoms with Crippen LogP contribution in [0.1, 0.15) is 48.4 Å². The monoisotopic (exact) mass is 377 g/mol. The van der Waals surface area contributed by atoms with Gasteiger partial charge in [-0.1, -0.05) is 67.4 Å². The second kappa shape index (κ2) is 8.17. The maximum atomic E-state index is 13.5. The van der Waals surface area contributed by atoms with Gasteiger partial charge in [-0.2, -0.15) is 0 Å². The molecule has 146 valence electrons. The lowest BCUT2D eigenvalue weighted by Gasteiger charge is -2.41. The summed E-state index contributed by atoms with van der Waals surface area (Å²) in [6.45, 7) is 0.663. The predicted molar refractivity (Wildman–Crippen MR) is 108 cm³/mol. The Hall–Kier alpha value is -2.62. The van der Waals surface area contributed by atoms with E-state index in [1.54, 1.807) is 0 Å². The summed E-state index contributed by atoms with van der Waals surface area (Å²) < 4.78 is 0. The summed E-state index contributed by atoms with van der Waals surface area (Å²) in [6.07, 6.45) is 4.72. The molecule has 28 heavy (non-hydrogen) atoms. The topological polar surface area (TPSA) is 57.6 Å². The summed E-state index contributed by atoms with van der Waals surface area (Å²) in [6, 6.07) is 18.6. The van der Waals surface area contributed by atoms with E-state index in [1.807, 2.05) is 29.2 Å². The number of carbonyl (C=O) groups excluding carboxylic acids is 1. The van der Waals surface area contributed by atoms with Crippen molar-refractivity contribution >= 4 is 11.9 Å². The van der Waals surface area contributed by atoms with Crippen LogP contribution in [0.3, 0.4) is 0 Å². The zero-order chi connectivity index (χ0) is 19.5. The minimum atomic E-state index is -0.824. The van der Waals surface area contributed by atoms with Crippen LogP contribution in [-0.4, -0.2) is 28.4 Å². The van der Waals surface area contributed by atoms with Crippen LogP contribution in [-0.2, 0) is 22.4 Å². The number of hydrogen-bond donors (Lipinski definition) is 1. The molecule has 1 N–H and O–H groups in total. The number of amides is 1. The van der Waals surface area contributed by atoms with Crippen molar-refractivity contribution in [2.45, 2.75) is 44.6 Å². The van der Waals surface area contributed by atoms with E-state index in [1.165, 1.54) is 16.7 Å². The van der Waals surface area contributed by atoms with Crippen molar-refractivity contribution in [1.29, 1.82) is 0 Å². The lowest BCUT2D eigenvalue weighted by atomic mass is 9.77. The van der Waals surface area contributed by atoms with Gasteiger partial charge in [0.05, 0.1) is 17.9 Å². The highest BCUT2D eigenvalue weighted by Crippen LogP contribution is 2.37. The highest BCUT2D eigenvalue weighted by Gasteiger charge is 2.41. The average Bonchev–Trinajstić information content (AvgIpc) is 2.74. The highest BCUT2D eigenvalue weighted by atomic mass is 16.4. The Morgan fingerprint density at radius 2 is 1.61 bits per heavy atom. The Morgan fingerprint density at radius 3 is 2.36 bits per heavy atom. The fraction of sp³-hybridized carbons (Fsp3) is 0.417. The molecule has 0 unspecified atom stereocenters. The Kier molecular flexibility index (Phi) is 5.47. The maximum Gasteiger partial charge on any atom is 0.307 e. The maximum absolute atomic E-state index is 13.5. The van der Waals surface area contributed by atoms with E-state index in [0.717, 1.165) is 25.7 Å². The van der Waals surface area contributed by atoms with Crippen LogP contribution >= 0.6 is 0 Å². The van der Waals surface area contributed by atoms with Gasteiger partial charge in [-0.3, -0.25) is 9.59 Å². The molecule has 4 nitrogen and oxygen atoms in total. The molecule has 0 bridgehead atoms. The van der Waals surface area contributed by atoms with Crippen molar-refractivity contribution in [3.8, 4) is 0 Å².